The number of halogens is 1. The number of anilines is 3. The third kappa shape index (κ3) is 3.51. The molecular formula is C14H16ClN3O. The van der Waals surface area contributed by atoms with Gasteiger partial charge >= 0.3 is 0 Å². The fourth-order valence-corrected chi connectivity index (χ4v) is 1.93. The summed E-state index contributed by atoms with van der Waals surface area (Å²) in [5.74, 6) is 2.26. The fraction of sp³-hybridized carbons (Fsp3) is 0.214. The maximum Gasteiger partial charge on any atom is 0.137 e. The average Bonchev–Trinajstić information content (AvgIpc) is 2.40. The van der Waals surface area contributed by atoms with Crippen molar-refractivity contribution in [3.8, 4) is 5.75 Å². The minimum atomic E-state index is 0.565. The van der Waals surface area contributed by atoms with E-state index >= 15 is 0 Å². The summed E-state index contributed by atoms with van der Waals surface area (Å²) in [6.45, 7) is 2.87. The van der Waals surface area contributed by atoms with Crippen molar-refractivity contribution in [2.45, 2.75) is 6.92 Å². The number of benzene rings is 1. The maximum absolute atomic E-state index is 6.08. The summed E-state index contributed by atoms with van der Waals surface area (Å²) in [6.07, 6.45) is 0. The summed E-state index contributed by atoms with van der Waals surface area (Å²) in [5.41, 5.74) is 0.868. The van der Waals surface area contributed by atoms with Crippen LogP contribution in [0.4, 0.5) is 17.3 Å². The highest BCUT2D eigenvalue weighted by Gasteiger charge is 2.03. The molecule has 0 saturated carbocycles. The van der Waals surface area contributed by atoms with Gasteiger partial charge < -0.3 is 15.4 Å². The molecule has 100 valence electrons. The zero-order chi connectivity index (χ0) is 13.7. The predicted octanol–water partition coefficient (Wildman–Crippen LogP) is 3.92. The molecule has 2 rings (SSSR count). The number of aromatic nitrogens is 1. The normalized spacial score (nSPS) is 10.1. The molecular weight excluding hydrogens is 262 g/mol. The lowest BCUT2D eigenvalue weighted by Crippen LogP contribution is -2.01. The summed E-state index contributed by atoms with van der Waals surface area (Å²) in [5, 5.41) is 6.94. The van der Waals surface area contributed by atoms with E-state index in [2.05, 4.69) is 15.6 Å². The molecule has 0 aliphatic carbocycles. The highest BCUT2D eigenvalue weighted by atomic mass is 35.5. The Morgan fingerprint density at radius 3 is 2.68 bits per heavy atom. The number of pyridine rings is 1. The largest absolute Gasteiger partial charge is 0.495 e. The minimum absolute atomic E-state index is 0.565. The Labute approximate surface area is 117 Å². The van der Waals surface area contributed by atoms with Crippen LogP contribution in [0, 0.1) is 0 Å². The van der Waals surface area contributed by atoms with E-state index in [-0.39, 0.29) is 0 Å². The summed E-state index contributed by atoms with van der Waals surface area (Å²) < 4.78 is 5.12. The molecule has 0 spiro atoms. The third-order valence-electron chi connectivity index (χ3n) is 2.53. The van der Waals surface area contributed by atoms with Crippen molar-refractivity contribution in [1.29, 1.82) is 0 Å². The first-order valence-corrected chi connectivity index (χ1v) is 6.42. The molecule has 0 fully saturated rings. The molecule has 2 aromatic rings. The first-order valence-electron chi connectivity index (χ1n) is 6.04. The molecule has 0 aliphatic rings. The molecule has 1 aromatic heterocycles. The number of hydrogen-bond acceptors (Lipinski definition) is 4. The number of methoxy groups -OCH3 is 1. The minimum Gasteiger partial charge on any atom is -0.495 e. The Hall–Kier alpha value is -1.94. The van der Waals surface area contributed by atoms with Crippen LogP contribution >= 0.6 is 11.6 Å². The lowest BCUT2D eigenvalue weighted by molar-refractivity contribution is 0.415. The van der Waals surface area contributed by atoms with E-state index in [1.807, 2.05) is 43.3 Å². The van der Waals surface area contributed by atoms with E-state index in [9.17, 15) is 0 Å². The van der Waals surface area contributed by atoms with Gasteiger partial charge in [-0.15, -0.1) is 0 Å². The van der Waals surface area contributed by atoms with Crippen molar-refractivity contribution in [1.82, 2.24) is 4.98 Å². The molecule has 0 radical (unpaired) electrons. The van der Waals surface area contributed by atoms with Gasteiger partial charge in [-0.25, -0.2) is 4.98 Å². The molecule has 0 amide bonds. The van der Waals surface area contributed by atoms with Crippen molar-refractivity contribution in [3.63, 3.8) is 0 Å². The Kier molecular flexibility index (Phi) is 4.47. The van der Waals surface area contributed by atoms with Gasteiger partial charge in [-0.2, -0.15) is 0 Å². The van der Waals surface area contributed by atoms with E-state index in [0.29, 0.717) is 10.8 Å². The van der Waals surface area contributed by atoms with Gasteiger partial charge in [0.25, 0.3) is 0 Å². The molecule has 0 aliphatic heterocycles. The van der Waals surface area contributed by atoms with Gasteiger partial charge in [0.05, 0.1) is 12.1 Å². The van der Waals surface area contributed by atoms with Crippen LogP contribution in [0.5, 0.6) is 5.75 Å². The fourth-order valence-electron chi connectivity index (χ4n) is 1.68. The molecule has 1 aromatic carbocycles. The van der Waals surface area contributed by atoms with Crippen molar-refractivity contribution in [2.24, 2.45) is 0 Å². The van der Waals surface area contributed by atoms with Gasteiger partial charge in [0.1, 0.15) is 17.4 Å². The summed E-state index contributed by atoms with van der Waals surface area (Å²) in [4.78, 5) is 4.43. The van der Waals surface area contributed by atoms with E-state index in [1.54, 1.807) is 7.11 Å². The zero-order valence-corrected chi connectivity index (χ0v) is 11.7. The molecule has 0 saturated heterocycles. The lowest BCUT2D eigenvalue weighted by atomic mass is 10.3. The molecule has 19 heavy (non-hydrogen) atoms. The number of nitrogens with one attached hydrogen (secondary N) is 2. The zero-order valence-electron chi connectivity index (χ0n) is 10.9. The van der Waals surface area contributed by atoms with E-state index in [0.717, 1.165) is 23.9 Å². The maximum atomic E-state index is 6.08. The standard InChI is InChI=1S/C14H16ClN3O/c1-3-16-13-5-4-6-14(18-13)17-10-7-8-12(19-2)11(15)9-10/h4-9H,3H2,1-2H3,(H2,16,17,18). The van der Waals surface area contributed by atoms with Crippen LogP contribution in [0.1, 0.15) is 6.92 Å². The molecule has 0 atom stereocenters. The van der Waals surface area contributed by atoms with Crippen molar-refractivity contribution in [2.75, 3.05) is 24.3 Å². The number of nitrogens with zero attached hydrogens (tertiary/aromatic N) is 1. The Bertz CT molecular complexity index is 560. The average molecular weight is 278 g/mol. The van der Waals surface area contributed by atoms with E-state index in [1.165, 1.54) is 0 Å². The van der Waals surface area contributed by atoms with Crippen molar-refractivity contribution in [3.05, 3.63) is 41.4 Å². The highest BCUT2D eigenvalue weighted by Crippen LogP contribution is 2.28. The second-order valence-electron chi connectivity index (χ2n) is 3.91. The van der Waals surface area contributed by atoms with Gasteiger partial charge in [-0.05, 0) is 37.3 Å². The molecule has 5 heteroatoms. The Morgan fingerprint density at radius 1 is 1.21 bits per heavy atom. The lowest BCUT2D eigenvalue weighted by Gasteiger charge is -2.09. The molecule has 1 heterocycles. The SMILES string of the molecule is CCNc1cccc(Nc2ccc(OC)c(Cl)c2)n1. The second-order valence-corrected chi connectivity index (χ2v) is 4.32. The Balaban J connectivity index is 2.16. The van der Waals surface area contributed by atoms with Crippen LogP contribution in [0.25, 0.3) is 0 Å². The number of ether oxygens (including phenoxy) is 1. The number of hydrogen-bond donors (Lipinski definition) is 2. The quantitative estimate of drug-likeness (QED) is 0.870. The summed E-state index contributed by atoms with van der Waals surface area (Å²) in [6, 6.07) is 11.3. The van der Waals surface area contributed by atoms with Crippen LogP contribution in [0.3, 0.4) is 0 Å². The highest BCUT2D eigenvalue weighted by molar-refractivity contribution is 6.32. The van der Waals surface area contributed by atoms with Crippen LogP contribution in [-0.4, -0.2) is 18.6 Å². The molecule has 4 nitrogen and oxygen atoms in total. The first-order chi connectivity index (χ1) is 9.22. The van der Waals surface area contributed by atoms with Crippen LogP contribution < -0.4 is 15.4 Å². The van der Waals surface area contributed by atoms with Gasteiger partial charge in [-0.1, -0.05) is 17.7 Å². The van der Waals surface area contributed by atoms with Gasteiger partial charge in [-0.3, -0.25) is 0 Å². The van der Waals surface area contributed by atoms with Crippen molar-refractivity contribution < 1.29 is 4.74 Å². The monoisotopic (exact) mass is 277 g/mol. The van der Waals surface area contributed by atoms with Gasteiger partial charge in [0, 0.05) is 12.2 Å². The smallest absolute Gasteiger partial charge is 0.137 e. The second kappa shape index (κ2) is 6.29. The van der Waals surface area contributed by atoms with Crippen LogP contribution in [0.2, 0.25) is 5.02 Å². The van der Waals surface area contributed by atoms with E-state index < -0.39 is 0 Å². The predicted molar refractivity (Wildman–Crippen MR) is 79.7 cm³/mol. The van der Waals surface area contributed by atoms with Gasteiger partial charge in [0.15, 0.2) is 0 Å². The Morgan fingerprint density at radius 2 is 2.00 bits per heavy atom. The number of rotatable bonds is 5. The van der Waals surface area contributed by atoms with Crippen LogP contribution in [0.15, 0.2) is 36.4 Å². The molecule has 2 N–H and O–H groups in total. The third-order valence-corrected chi connectivity index (χ3v) is 2.83. The summed E-state index contributed by atoms with van der Waals surface area (Å²) >= 11 is 6.08. The first kappa shape index (κ1) is 13.5. The summed E-state index contributed by atoms with van der Waals surface area (Å²) in [7, 11) is 1.59. The molecule has 0 bridgehead atoms. The van der Waals surface area contributed by atoms with E-state index in [4.69, 9.17) is 16.3 Å². The topological polar surface area (TPSA) is 46.2 Å². The van der Waals surface area contributed by atoms with Gasteiger partial charge in [0.2, 0.25) is 0 Å². The molecule has 0 unspecified atom stereocenters. The van der Waals surface area contributed by atoms with Crippen molar-refractivity contribution >= 4 is 28.9 Å². The van der Waals surface area contributed by atoms with Crippen LogP contribution in [-0.2, 0) is 0 Å².